The third-order valence-corrected chi connectivity index (χ3v) is 7.44. The molecule has 0 radical (unpaired) electrons. The van der Waals surface area contributed by atoms with Crippen LogP contribution in [-0.2, 0) is 29.1 Å². The number of piperazine rings is 1. The Balaban J connectivity index is 1.48. The molecule has 0 saturated carbocycles. The summed E-state index contributed by atoms with van der Waals surface area (Å²) in [7, 11) is 1.68. The second-order valence-corrected chi connectivity index (χ2v) is 9.09. The molecule has 2 aliphatic rings. The Hall–Kier alpha value is -2.38. The number of carbonyl (C=O) groups is 2. The molecular weight excluding hydrogens is 398 g/mol. The number of nitrogens with zero attached hydrogens (tertiary/aromatic N) is 2. The van der Waals surface area contributed by atoms with E-state index in [9.17, 15) is 9.59 Å². The monoisotopic (exact) mass is 427 g/mol. The number of fused-ring (bicyclic) bond motifs is 1. The van der Waals surface area contributed by atoms with Gasteiger partial charge < -0.3 is 15.0 Å². The molecule has 0 aliphatic carbocycles. The molecule has 1 aromatic carbocycles. The number of benzene rings is 1. The van der Waals surface area contributed by atoms with Crippen LogP contribution in [0, 0.1) is 13.8 Å². The molecule has 0 unspecified atom stereocenters. The number of nitrogens with one attached hydrogen (secondary N) is 1. The molecule has 1 N–H and O–H groups in total. The molecule has 2 aromatic rings. The molecule has 30 heavy (non-hydrogen) atoms. The lowest BCUT2D eigenvalue weighted by molar-refractivity contribution is -0.139. The molecule has 0 spiro atoms. The van der Waals surface area contributed by atoms with Gasteiger partial charge in [-0.3, -0.25) is 14.5 Å². The van der Waals surface area contributed by atoms with Crippen molar-refractivity contribution < 1.29 is 14.3 Å². The van der Waals surface area contributed by atoms with Crippen LogP contribution in [0.25, 0.3) is 0 Å². The van der Waals surface area contributed by atoms with Crippen LogP contribution in [0.4, 0.5) is 0 Å². The molecule has 1 atom stereocenters. The first-order chi connectivity index (χ1) is 14.5. The zero-order valence-corrected chi connectivity index (χ0v) is 18.7. The van der Waals surface area contributed by atoms with Crippen molar-refractivity contribution in [1.82, 2.24) is 15.1 Å². The average Bonchev–Trinajstić information content (AvgIpc) is 3.22. The fourth-order valence-electron chi connectivity index (χ4n) is 4.39. The average molecular weight is 428 g/mol. The van der Waals surface area contributed by atoms with Gasteiger partial charge in [-0.05, 0) is 60.0 Å². The topological polar surface area (TPSA) is 61.9 Å². The van der Waals surface area contributed by atoms with E-state index < -0.39 is 6.04 Å². The Kier molecular flexibility index (Phi) is 6.11. The highest BCUT2D eigenvalue weighted by Gasteiger charge is 2.34. The van der Waals surface area contributed by atoms with Gasteiger partial charge in [0, 0.05) is 37.6 Å². The fourth-order valence-corrected chi connectivity index (χ4v) is 5.28. The molecule has 4 rings (SSSR count). The van der Waals surface area contributed by atoms with E-state index in [0.717, 1.165) is 30.8 Å². The Morgan fingerprint density at radius 1 is 1.23 bits per heavy atom. The summed E-state index contributed by atoms with van der Waals surface area (Å²) in [6.45, 7) is 7.53. The molecule has 0 bridgehead atoms. The summed E-state index contributed by atoms with van der Waals surface area (Å²) < 4.78 is 5.42. The molecule has 1 aromatic heterocycles. The van der Waals surface area contributed by atoms with Gasteiger partial charge in [0.1, 0.15) is 5.75 Å². The molecule has 1 saturated heterocycles. The van der Waals surface area contributed by atoms with Gasteiger partial charge in [-0.1, -0.05) is 6.07 Å². The van der Waals surface area contributed by atoms with Crippen molar-refractivity contribution in [3.8, 4) is 5.75 Å². The van der Waals surface area contributed by atoms with Gasteiger partial charge in [-0.2, -0.15) is 0 Å². The minimum atomic E-state index is -0.433. The van der Waals surface area contributed by atoms with Crippen LogP contribution in [0.15, 0.2) is 23.6 Å². The normalized spacial score (nSPS) is 19.4. The number of methoxy groups -OCH3 is 1. The molecule has 7 heteroatoms. The Labute approximate surface area is 181 Å². The van der Waals surface area contributed by atoms with Crippen LogP contribution in [-0.4, -0.2) is 54.4 Å². The highest BCUT2D eigenvalue weighted by atomic mass is 32.1. The van der Waals surface area contributed by atoms with Crippen LogP contribution in [0.3, 0.4) is 0 Å². The van der Waals surface area contributed by atoms with Crippen LogP contribution in [0.5, 0.6) is 5.75 Å². The van der Waals surface area contributed by atoms with Gasteiger partial charge in [-0.25, -0.2) is 0 Å². The summed E-state index contributed by atoms with van der Waals surface area (Å²) in [5.41, 5.74) is 4.70. The summed E-state index contributed by atoms with van der Waals surface area (Å²) in [5.74, 6) is 0.879. The van der Waals surface area contributed by atoms with Gasteiger partial charge in [0.15, 0.2) is 0 Å². The third kappa shape index (κ3) is 4.09. The summed E-state index contributed by atoms with van der Waals surface area (Å²) in [5, 5.41) is 5.03. The first-order valence-electron chi connectivity index (χ1n) is 10.5. The first-order valence-corrected chi connectivity index (χ1v) is 11.3. The smallest absolute Gasteiger partial charge is 0.237 e. The highest BCUT2D eigenvalue weighted by Crippen LogP contribution is 2.27. The largest absolute Gasteiger partial charge is 0.496 e. The molecule has 2 amide bonds. The summed E-state index contributed by atoms with van der Waals surface area (Å²) in [6, 6.07) is 5.72. The maximum Gasteiger partial charge on any atom is 0.237 e. The number of ether oxygens (including phenoxy) is 1. The van der Waals surface area contributed by atoms with Crippen molar-refractivity contribution in [2.24, 2.45) is 0 Å². The third-order valence-electron chi connectivity index (χ3n) is 6.41. The lowest BCUT2D eigenvalue weighted by Crippen LogP contribution is -2.56. The standard InChI is InChI=1S/C23H29N3O3S/c1-15-16(2)20(29-3)5-4-17(15)13-25-10-8-24-23(28)19(25)12-22(27)26-9-6-21-18(14-26)7-11-30-21/h4-5,7,11,19H,6,8-10,12-14H2,1-3H3,(H,24,28)/t19-/m1/s1. The second-order valence-electron chi connectivity index (χ2n) is 8.09. The number of rotatable bonds is 5. The summed E-state index contributed by atoms with van der Waals surface area (Å²) >= 11 is 1.76. The van der Waals surface area contributed by atoms with Gasteiger partial charge in [0.05, 0.1) is 19.6 Å². The predicted octanol–water partition coefficient (Wildman–Crippen LogP) is 2.65. The molecule has 1 fully saturated rings. The van der Waals surface area contributed by atoms with E-state index in [2.05, 4.69) is 41.6 Å². The van der Waals surface area contributed by atoms with E-state index in [1.807, 2.05) is 11.0 Å². The second kappa shape index (κ2) is 8.78. The van der Waals surface area contributed by atoms with Gasteiger partial charge in [0.25, 0.3) is 0 Å². The number of hydrogen-bond donors (Lipinski definition) is 1. The molecule has 3 heterocycles. The van der Waals surface area contributed by atoms with Crippen molar-refractivity contribution in [3.05, 3.63) is 50.7 Å². The molecule has 6 nitrogen and oxygen atoms in total. The van der Waals surface area contributed by atoms with E-state index in [-0.39, 0.29) is 18.2 Å². The quantitative estimate of drug-likeness (QED) is 0.797. The Bertz CT molecular complexity index is 955. The molecule has 2 aliphatic heterocycles. The van der Waals surface area contributed by atoms with Crippen molar-refractivity contribution >= 4 is 23.2 Å². The van der Waals surface area contributed by atoms with Crippen molar-refractivity contribution in [1.29, 1.82) is 0 Å². The minimum absolute atomic E-state index is 0.0503. The maximum absolute atomic E-state index is 13.1. The Morgan fingerprint density at radius 3 is 2.87 bits per heavy atom. The van der Waals surface area contributed by atoms with Crippen LogP contribution >= 0.6 is 11.3 Å². The van der Waals surface area contributed by atoms with Crippen molar-refractivity contribution in [2.45, 2.75) is 45.8 Å². The molecule has 160 valence electrons. The zero-order valence-electron chi connectivity index (χ0n) is 17.9. The van der Waals surface area contributed by atoms with E-state index in [0.29, 0.717) is 19.6 Å². The Morgan fingerprint density at radius 2 is 2.07 bits per heavy atom. The van der Waals surface area contributed by atoms with Gasteiger partial charge in [-0.15, -0.1) is 11.3 Å². The number of carbonyl (C=O) groups excluding carboxylic acids is 2. The lowest BCUT2D eigenvalue weighted by Gasteiger charge is -2.36. The van der Waals surface area contributed by atoms with Crippen LogP contribution < -0.4 is 10.1 Å². The number of thiophene rings is 1. The fraction of sp³-hybridized carbons (Fsp3) is 0.478. The summed E-state index contributed by atoms with van der Waals surface area (Å²) in [6.07, 6.45) is 1.13. The minimum Gasteiger partial charge on any atom is -0.496 e. The maximum atomic E-state index is 13.1. The van der Waals surface area contributed by atoms with Gasteiger partial charge in [0.2, 0.25) is 11.8 Å². The van der Waals surface area contributed by atoms with E-state index in [4.69, 9.17) is 4.74 Å². The van der Waals surface area contributed by atoms with Crippen molar-refractivity contribution in [3.63, 3.8) is 0 Å². The number of hydrogen-bond acceptors (Lipinski definition) is 5. The van der Waals surface area contributed by atoms with Crippen LogP contribution in [0.1, 0.15) is 33.6 Å². The van der Waals surface area contributed by atoms with E-state index in [1.54, 1.807) is 18.4 Å². The number of amides is 2. The van der Waals surface area contributed by atoms with Crippen molar-refractivity contribution in [2.75, 3.05) is 26.7 Å². The van der Waals surface area contributed by atoms with Gasteiger partial charge >= 0.3 is 0 Å². The molecular formula is C23H29N3O3S. The summed E-state index contributed by atoms with van der Waals surface area (Å²) in [4.78, 5) is 31.2. The zero-order chi connectivity index (χ0) is 21.3. The SMILES string of the molecule is COc1ccc(CN2CCNC(=O)[C@H]2CC(=O)N2CCc3sccc3C2)c(C)c1C. The highest BCUT2D eigenvalue weighted by molar-refractivity contribution is 7.10. The van der Waals surface area contributed by atoms with E-state index in [1.165, 1.54) is 21.6 Å². The van der Waals surface area contributed by atoms with E-state index >= 15 is 0 Å². The first kappa shape index (κ1) is 20.9. The lowest BCUT2D eigenvalue weighted by atomic mass is 9.99. The predicted molar refractivity (Wildman–Crippen MR) is 118 cm³/mol. The van der Waals surface area contributed by atoms with Crippen LogP contribution in [0.2, 0.25) is 0 Å².